The molecule has 0 saturated carbocycles. The Morgan fingerprint density at radius 3 is 2.46 bits per heavy atom. The second-order valence-corrected chi connectivity index (χ2v) is 8.33. The van der Waals surface area contributed by atoms with Gasteiger partial charge in [-0.3, -0.25) is 0 Å². The quantitative estimate of drug-likeness (QED) is 0.0914. The van der Waals surface area contributed by atoms with Crippen molar-refractivity contribution in [1.29, 1.82) is 0 Å². The summed E-state index contributed by atoms with van der Waals surface area (Å²) < 4.78 is 16.2. The van der Waals surface area contributed by atoms with Crippen LogP contribution in [0.3, 0.4) is 0 Å². The van der Waals surface area contributed by atoms with Crippen molar-refractivity contribution in [2.75, 3.05) is 19.8 Å². The van der Waals surface area contributed by atoms with E-state index in [-0.39, 0.29) is 36.7 Å². The molecule has 11 heteroatoms. The van der Waals surface area contributed by atoms with E-state index in [9.17, 15) is 35.4 Å². The molecule has 11 nitrogen and oxygen atoms in total. The van der Waals surface area contributed by atoms with E-state index in [1.165, 1.54) is 31.2 Å². The highest BCUT2D eigenvalue weighted by Crippen LogP contribution is 2.26. The molecule has 35 heavy (non-hydrogen) atoms. The Bertz CT molecular complexity index is 897. The first-order valence-electron chi connectivity index (χ1n) is 11.2. The summed E-state index contributed by atoms with van der Waals surface area (Å²) in [5.41, 5.74) is 1.41. The van der Waals surface area contributed by atoms with Crippen LogP contribution >= 0.6 is 0 Å². The molecule has 0 radical (unpaired) electrons. The highest BCUT2D eigenvalue weighted by Gasteiger charge is 2.44. The molecular formula is C24H34O11. The molecule has 1 aromatic rings. The fourth-order valence-electron chi connectivity index (χ4n) is 3.32. The van der Waals surface area contributed by atoms with Gasteiger partial charge in [-0.2, -0.15) is 0 Å². The maximum atomic E-state index is 12.3. The zero-order valence-corrected chi connectivity index (χ0v) is 19.6. The van der Waals surface area contributed by atoms with Crippen LogP contribution in [-0.2, 0) is 25.4 Å². The van der Waals surface area contributed by atoms with Gasteiger partial charge in [-0.25, -0.2) is 4.79 Å². The largest absolute Gasteiger partial charge is 0.504 e. The van der Waals surface area contributed by atoms with Crippen LogP contribution in [0.2, 0.25) is 0 Å². The molecule has 1 saturated heterocycles. The summed E-state index contributed by atoms with van der Waals surface area (Å²) in [5.74, 6) is -1.26. The number of phenolic OH excluding ortho intramolecular Hbond substituents is 2. The molecule has 0 unspecified atom stereocenters. The predicted molar refractivity (Wildman–Crippen MR) is 122 cm³/mol. The zero-order valence-electron chi connectivity index (χ0n) is 19.6. The Hall–Kier alpha value is -2.51. The van der Waals surface area contributed by atoms with Gasteiger partial charge in [-0.05, 0) is 50.0 Å². The van der Waals surface area contributed by atoms with Crippen LogP contribution in [-0.4, -0.2) is 98.3 Å². The van der Waals surface area contributed by atoms with Gasteiger partial charge in [-0.1, -0.05) is 18.2 Å². The highest BCUT2D eigenvalue weighted by molar-refractivity contribution is 5.87. The Morgan fingerprint density at radius 2 is 1.80 bits per heavy atom. The van der Waals surface area contributed by atoms with Crippen molar-refractivity contribution in [3.8, 4) is 11.5 Å². The Balaban J connectivity index is 1.89. The van der Waals surface area contributed by atoms with E-state index in [0.29, 0.717) is 17.6 Å². The molecule has 0 aliphatic carbocycles. The molecule has 1 fully saturated rings. The van der Waals surface area contributed by atoms with Crippen molar-refractivity contribution in [3.63, 3.8) is 0 Å². The molecule has 0 aromatic heterocycles. The fourth-order valence-corrected chi connectivity index (χ4v) is 3.32. The van der Waals surface area contributed by atoms with Gasteiger partial charge in [0.25, 0.3) is 0 Å². The van der Waals surface area contributed by atoms with Crippen molar-refractivity contribution in [1.82, 2.24) is 0 Å². The standard InChI is InChI=1S/C24H34O11/c1-13(7-9-25)16(26)5-3-14(2)23(32)34-12-19-20(29)21(30)22(31)24(35-19)33-10-8-15-4-6-17(27)18(28)11-15/h3-4,6-7,11,16,19-22,24-31H,5,8-10,12H2,1-2H3/t16-,19-,20-,21+,22-,24-/m1/s1. The van der Waals surface area contributed by atoms with Gasteiger partial charge in [0, 0.05) is 5.57 Å². The lowest BCUT2D eigenvalue weighted by molar-refractivity contribution is -0.301. The number of aliphatic hydroxyl groups excluding tert-OH is 5. The lowest BCUT2D eigenvalue weighted by Gasteiger charge is -2.40. The van der Waals surface area contributed by atoms with Gasteiger partial charge in [-0.15, -0.1) is 0 Å². The second-order valence-electron chi connectivity index (χ2n) is 8.33. The van der Waals surface area contributed by atoms with Gasteiger partial charge < -0.3 is 50.0 Å². The summed E-state index contributed by atoms with van der Waals surface area (Å²) in [5, 5.41) is 68.3. The van der Waals surface area contributed by atoms with Gasteiger partial charge in [0.05, 0.1) is 19.3 Å². The minimum absolute atomic E-state index is 0.0234. The van der Waals surface area contributed by atoms with E-state index in [4.69, 9.17) is 19.3 Å². The lowest BCUT2D eigenvalue weighted by Crippen LogP contribution is -2.59. The average Bonchev–Trinajstić information content (AvgIpc) is 2.83. The van der Waals surface area contributed by atoms with Crippen molar-refractivity contribution in [3.05, 3.63) is 47.1 Å². The van der Waals surface area contributed by atoms with Crippen LogP contribution in [0.15, 0.2) is 41.5 Å². The van der Waals surface area contributed by atoms with Gasteiger partial charge in [0.15, 0.2) is 17.8 Å². The van der Waals surface area contributed by atoms with Crippen LogP contribution < -0.4 is 0 Å². The molecule has 1 heterocycles. The molecule has 1 aliphatic rings. The minimum Gasteiger partial charge on any atom is -0.504 e. The summed E-state index contributed by atoms with van der Waals surface area (Å²) in [4.78, 5) is 12.3. The molecule has 0 bridgehead atoms. The van der Waals surface area contributed by atoms with Crippen LogP contribution in [0.25, 0.3) is 0 Å². The summed E-state index contributed by atoms with van der Waals surface area (Å²) in [7, 11) is 0. The molecule has 6 atom stereocenters. The number of carbonyl (C=O) groups excluding carboxylic acids is 1. The molecule has 7 N–H and O–H groups in total. The van der Waals surface area contributed by atoms with Crippen LogP contribution in [0, 0.1) is 0 Å². The van der Waals surface area contributed by atoms with Gasteiger partial charge in [0.2, 0.25) is 0 Å². The molecule has 1 aliphatic heterocycles. The van der Waals surface area contributed by atoms with Gasteiger partial charge in [0.1, 0.15) is 31.0 Å². The first-order chi connectivity index (χ1) is 16.5. The zero-order chi connectivity index (χ0) is 26.1. The number of phenols is 2. The molecular weight excluding hydrogens is 464 g/mol. The number of hydrogen-bond donors (Lipinski definition) is 7. The molecule has 2 rings (SSSR count). The fraction of sp³-hybridized carbons (Fsp3) is 0.542. The first kappa shape index (κ1) is 28.7. The summed E-state index contributed by atoms with van der Waals surface area (Å²) >= 11 is 0. The van der Waals surface area contributed by atoms with E-state index < -0.39 is 49.4 Å². The Morgan fingerprint density at radius 1 is 1.09 bits per heavy atom. The van der Waals surface area contributed by atoms with E-state index in [2.05, 4.69) is 0 Å². The number of ether oxygens (including phenoxy) is 3. The number of esters is 1. The summed E-state index contributed by atoms with van der Waals surface area (Å²) in [6.07, 6.45) is -4.69. The maximum Gasteiger partial charge on any atom is 0.333 e. The Kier molecular flexibility index (Phi) is 11.1. The number of carbonyl (C=O) groups is 1. The number of hydrogen-bond acceptors (Lipinski definition) is 11. The normalized spacial score (nSPS) is 26.4. The number of benzene rings is 1. The predicted octanol–water partition coefficient (Wildman–Crippen LogP) is -0.356. The summed E-state index contributed by atoms with van der Waals surface area (Å²) in [6, 6.07) is 4.26. The van der Waals surface area contributed by atoms with Crippen molar-refractivity contribution in [2.45, 2.75) is 63.5 Å². The average molecular weight is 499 g/mol. The lowest BCUT2D eigenvalue weighted by atomic mass is 9.99. The molecule has 0 spiro atoms. The molecule has 1 aromatic carbocycles. The van der Waals surface area contributed by atoms with Crippen LogP contribution in [0.4, 0.5) is 0 Å². The number of aliphatic hydroxyl groups is 5. The summed E-state index contributed by atoms with van der Waals surface area (Å²) in [6.45, 7) is 2.53. The van der Waals surface area contributed by atoms with Gasteiger partial charge >= 0.3 is 5.97 Å². The highest BCUT2D eigenvalue weighted by atomic mass is 16.7. The molecule has 196 valence electrons. The smallest absolute Gasteiger partial charge is 0.333 e. The third-order valence-electron chi connectivity index (χ3n) is 5.67. The second kappa shape index (κ2) is 13.5. The third kappa shape index (κ3) is 8.29. The van der Waals surface area contributed by atoms with Crippen LogP contribution in [0.1, 0.15) is 25.8 Å². The number of aromatic hydroxyl groups is 2. The topological polar surface area (TPSA) is 186 Å². The van der Waals surface area contributed by atoms with E-state index in [0.717, 1.165) is 0 Å². The van der Waals surface area contributed by atoms with E-state index >= 15 is 0 Å². The minimum atomic E-state index is -1.61. The van der Waals surface area contributed by atoms with E-state index in [1.807, 2.05) is 0 Å². The van der Waals surface area contributed by atoms with E-state index in [1.54, 1.807) is 13.0 Å². The SMILES string of the molecule is CC(=CC[C@@H](O)C(C)=CCO)C(=O)OC[C@H]1O[C@@H](OCCc2ccc(O)c(O)c2)[C@H](O)[C@@H](O)[C@@H]1O. The first-order valence-corrected chi connectivity index (χ1v) is 11.2. The van der Waals surface area contributed by atoms with Crippen LogP contribution in [0.5, 0.6) is 11.5 Å². The number of rotatable bonds is 11. The molecule has 0 amide bonds. The monoisotopic (exact) mass is 498 g/mol. The maximum absolute atomic E-state index is 12.3. The third-order valence-corrected chi connectivity index (χ3v) is 5.67. The van der Waals surface area contributed by atoms with Crippen molar-refractivity contribution >= 4 is 5.97 Å². The Labute approximate surface area is 203 Å². The van der Waals surface area contributed by atoms with Crippen molar-refractivity contribution in [2.24, 2.45) is 0 Å². The van der Waals surface area contributed by atoms with Crippen molar-refractivity contribution < 1.29 is 54.8 Å².